The fourth-order valence-corrected chi connectivity index (χ4v) is 2.11. The van der Waals surface area contributed by atoms with Gasteiger partial charge in [-0.1, -0.05) is 54.6 Å². The molecule has 0 aliphatic carbocycles. The molecule has 0 aliphatic rings. The van der Waals surface area contributed by atoms with Gasteiger partial charge in [-0.15, -0.1) is 0 Å². The predicted octanol–water partition coefficient (Wildman–Crippen LogP) is 4.59. The summed E-state index contributed by atoms with van der Waals surface area (Å²) in [5.74, 6) is 0. The zero-order valence-electron chi connectivity index (χ0n) is 10.8. The largest absolute Gasteiger partial charge is 0.548 e. The summed E-state index contributed by atoms with van der Waals surface area (Å²) in [6.07, 6.45) is 3.86. The second-order valence-corrected chi connectivity index (χ2v) is 6.33. The second kappa shape index (κ2) is 6.22. The van der Waals surface area contributed by atoms with Crippen molar-refractivity contribution in [2.75, 3.05) is 0 Å². The lowest BCUT2D eigenvalue weighted by atomic mass is 10.00. The van der Waals surface area contributed by atoms with E-state index >= 15 is 0 Å². The summed E-state index contributed by atoms with van der Waals surface area (Å²) in [4.78, 5) is 0. The van der Waals surface area contributed by atoms with E-state index in [0.29, 0.717) is 0 Å². The van der Waals surface area contributed by atoms with E-state index in [1.807, 2.05) is 18.4 Å². The van der Waals surface area contributed by atoms with Crippen molar-refractivity contribution >= 4 is 15.1 Å². The third-order valence-corrected chi connectivity index (χ3v) is 3.20. The van der Waals surface area contributed by atoms with Crippen LogP contribution in [0.1, 0.15) is 5.56 Å². The van der Waals surface area contributed by atoms with Gasteiger partial charge in [-0.2, -0.15) is 0 Å². The lowest BCUT2D eigenvalue weighted by molar-refractivity contribution is 0.505. The van der Waals surface area contributed by atoms with Crippen molar-refractivity contribution in [1.82, 2.24) is 0 Å². The van der Waals surface area contributed by atoms with E-state index in [1.165, 1.54) is 16.7 Å². The topological polar surface area (TPSA) is 9.23 Å². The van der Waals surface area contributed by atoms with Crippen molar-refractivity contribution in [3.05, 3.63) is 66.4 Å². The van der Waals surface area contributed by atoms with E-state index in [4.69, 9.17) is 4.43 Å². The van der Waals surface area contributed by atoms with Crippen LogP contribution in [0.4, 0.5) is 0 Å². The molecule has 2 heteroatoms. The van der Waals surface area contributed by atoms with Gasteiger partial charge in [-0.05, 0) is 35.9 Å². The van der Waals surface area contributed by atoms with Crippen molar-refractivity contribution in [1.29, 1.82) is 0 Å². The number of benzene rings is 2. The van der Waals surface area contributed by atoms with Crippen LogP contribution in [0, 0.1) is 0 Å². The van der Waals surface area contributed by atoms with Gasteiger partial charge >= 0.3 is 0 Å². The molecule has 1 radical (unpaired) electrons. The van der Waals surface area contributed by atoms with E-state index in [9.17, 15) is 0 Å². The van der Waals surface area contributed by atoms with Crippen LogP contribution in [0.15, 0.2) is 60.9 Å². The minimum Gasteiger partial charge on any atom is -0.548 e. The Morgan fingerprint density at radius 2 is 1.56 bits per heavy atom. The fraction of sp³-hybridized carbons (Fsp3) is 0.125. The van der Waals surface area contributed by atoms with Gasteiger partial charge in [-0.25, -0.2) is 0 Å². The van der Waals surface area contributed by atoms with Crippen molar-refractivity contribution in [3.8, 4) is 11.1 Å². The highest BCUT2D eigenvalue weighted by Gasteiger charge is 2.01. The molecule has 18 heavy (non-hydrogen) atoms. The molecule has 0 atom stereocenters. The molecule has 0 N–H and O–H groups in total. The van der Waals surface area contributed by atoms with E-state index in [1.54, 1.807) is 0 Å². The maximum Gasteiger partial charge on any atom is 0.273 e. The van der Waals surface area contributed by atoms with Crippen LogP contribution in [0.3, 0.4) is 0 Å². The molecular weight excluding hydrogens is 236 g/mol. The number of hydrogen-bond acceptors (Lipinski definition) is 1. The molecule has 2 rings (SSSR count). The zero-order valence-corrected chi connectivity index (χ0v) is 11.8. The maximum atomic E-state index is 5.56. The Morgan fingerprint density at radius 3 is 2.28 bits per heavy atom. The van der Waals surface area contributed by atoms with Gasteiger partial charge < -0.3 is 4.43 Å². The van der Waals surface area contributed by atoms with Gasteiger partial charge in [0.25, 0.3) is 9.04 Å². The van der Waals surface area contributed by atoms with E-state index in [0.717, 1.165) is 0 Å². The standard InChI is InChI=1S/C16H17OSi/c1-18(2)17-13-12-15-10-6-7-11-16(15)14-8-4-3-5-9-14/h3-13H,1-2H3. The number of rotatable bonds is 4. The van der Waals surface area contributed by atoms with Crippen LogP contribution in [0.2, 0.25) is 13.1 Å². The summed E-state index contributed by atoms with van der Waals surface area (Å²) >= 11 is 0. The summed E-state index contributed by atoms with van der Waals surface area (Å²) in [6.45, 7) is 4.25. The van der Waals surface area contributed by atoms with Gasteiger partial charge in [0.15, 0.2) is 0 Å². The molecule has 0 aliphatic heterocycles. The smallest absolute Gasteiger partial charge is 0.273 e. The van der Waals surface area contributed by atoms with Crippen LogP contribution >= 0.6 is 0 Å². The molecule has 2 aromatic carbocycles. The molecule has 0 spiro atoms. The first kappa shape index (κ1) is 12.6. The molecule has 0 bridgehead atoms. The summed E-state index contributed by atoms with van der Waals surface area (Å²) in [6, 6.07) is 18.8. The quantitative estimate of drug-likeness (QED) is 0.572. The van der Waals surface area contributed by atoms with Crippen LogP contribution < -0.4 is 0 Å². The van der Waals surface area contributed by atoms with Crippen LogP contribution in [0.5, 0.6) is 0 Å². The average Bonchev–Trinajstić information content (AvgIpc) is 2.40. The Kier molecular flexibility index (Phi) is 4.37. The summed E-state index contributed by atoms with van der Waals surface area (Å²) < 4.78 is 5.56. The van der Waals surface area contributed by atoms with Crippen molar-refractivity contribution < 1.29 is 4.43 Å². The SMILES string of the molecule is C[Si](C)OC=Cc1ccccc1-c1ccccc1. The molecule has 0 aromatic heterocycles. The fourth-order valence-electron chi connectivity index (χ4n) is 1.77. The van der Waals surface area contributed by atoms with Gasteiger partial charge in [0.1, 0.15) is 0 Å². The third-order valence-electron chi connectivity index (χ3n) is 2.60. The molecule has 91 valence electrons. The summed E-state index contributed by atoms with van der Waals surface area (Å²) in [7, 11) is -0.668. The molecule has 0 saturated carbocycles. The van der Waals surface area contributed by atoms with Gasteiger partial charge in [0.2, 0.25) is 0 Å². The lowest BCUT2D eigenvalue weighted by Crippen LogP contribution is -2.00. The first-order valence-corrected chi connectivity index (χ1v) is 8.46. The highest BCUT2D eigenvalue weighted by molar-refractivity contribution is 6.48. The molecule has 0 unspecified atom stereocenters. The molecule has 0 heterocycles. The van der Waals surface area contributed by atoms with Gasteiger partial charge in [0.05, 0.1) is 6.26 Å². The first-order valence-electron chi connectivity index (χ1n) is 6.05. The molecule has 0 fully saturated rings. The predicted molar refractivity (Wildman–Crippen MR) is 79.5 cm³/mol. The molecule has 2 aromatic rings. The lowest BCUT2D eigenvalue weighted by Gasteiger charge is -2.06. The van der Waals surface area contributed by atoms with Crippen molar-refractivity contribution in [3.63, 3.8) is 0 Å². The van der Waals surface area contributed by atoms with Crippen molar-refractivity contribution in [2.45, 2.75) is 13.1 Å². The minimum atomic E-state index is -0.668. The Labute approximate surface area is 110 Å². The molecule has 0 saturated heterocycles. The van der Waals surface area contributed by atoms with E-state index < -0.39 is 9.04 Å². The Morgan fingerprint density at radius 1 is 0.889 bits per heavy atom. The molecule has 0 amide bonds. The summed E-state index contributed by atoms with van der Waals surface area (Å²) in [5.41, 5.74) is 3.65. The monoisotopic (exact) mass is 253 g/mol. The number of hydrogen-bond donors (Lipinski definition) is 0. The second-order valence-electron chi connectivity index (χ2n) is 4.28. The average molecular weight is 253 g/mol. The van der Waals surface area contributed by atoms with E-state index in [-0.39, 0.29) is 0 Å². The first-order chi connectivity index (χ1) is 8.77. The Bertz CT molecular complexity index is 518. The Hall–Kier alpha value is -1.80. The van der Waals surface area contributed by atoms with Crippen LogP contribution in [0.25, 0.3) is 17.2 Å². The highest BCUT2D eigenvalue weighted by Crippen LogP contribution is 2.24. The van der Waals surface area contributed by atoms with Crippen LogP contribution in [-0.4, -0.2) is 9.04 Å². The summed E-state index contributed by atoms with van der Waals surface area (Å²) in [5, 5.41) is 0. The zero-order chi connectivity index (χ0) is 12.8. The molecule has 1 nitrogen and oxygen atoms in total. The van der Waals surface area contributed by atoms with Gasteiger partial charge in [0, 0.05) is 0 Å². The minimum absolute atomic E-state index is 0.668. The molecular formula is C16H17OSi. The third kappa shape index (κ3) is 3.34. The van der Waals surface area contributed by atoms with Crippen molar-refractivity contribution in [2.24, 2.45) is 0 Å². The van der Waals surface area contributed by atoms with Crippen LogP contribution in [-0.2, 0) is 4.43 Å². The Balaban J connectivity index is 2.29. The van der Waals surface area contributed by atoms with Gasteiger partial charge in [-0.3, -0.25) is 0 Å². The van der Waals surface area contributed by atoms with E-state index in [2.05, 4.69) is 61.6 Å². The maximum absolute atomic E-state index is 5.56. The normalized spacial score (nSPS) is 11.1. The highest BCUT2D eigenvalue weighted by atomic mass is 28.3.